The van der Waals surface area contributed by atoms with Crippen LogP contribution in [0.4, 0.5) is 9.93 Å². The van der Waals surface area contributed by atoms with E-state index < -0.39 is 11.7 Å². The molecule has 1 aromatic heterocycles. The highest BCUT2D eigenvalue weighted by atomic mass is 32.1. The monoisotopic (exact) mass is 284 g/mol. The van der Waals surface area contributed by atoms with Crippen molar-refractivity contribution in [2.45, 2.75) is 60.0 Å². The average Bonchev–Trinajstić information content (AvgIpc) is 2.60. The highest BCUT2D eigenvalue weighted by Gasteiger charge is 2.24. The summed E-state index contributed by atoms with van der Waals surface area (Å²) in [5.74, 6) is 0.331. The summed E-state index contributed by atoms with van der Waals surface area (Å²) in [6.07, 6.45) is -0.461. The summed E-state index contributed by atoms with van der Waals surface area (Å²) in [6.45, 7) is 14.2. The van der Waals surface area contributed by atoms with Gasteiger partial charge in [0.25, 0.3) is 0 Å². The van der Waals surface area contributed by atoms with Crippen molar-refractivity contribution in [3.63, 3.8) is 0 Å². The van der Waals surface area contributed by atoms with Crippen LogP contribution in [0.1, 0.15) is 60.1 Å². The van der Waals surface area contributed by atoms with Crippen LogP contribution in [0.2, 0.25) is 0 Å². The predicted octanol–water partition coefficient (Wildman–Crippen LogP) is 4.64. The van der Waals surface area contributed by atoms with Gasteiger partial charge in [-0.3, -0.25) is 5.32 Å². The number of rotatable bonds is 2. The van der Waals surface area contributed by atoms with Gasteiger partial charge in [-0.1, -0.05) is 27.7 Å². The minimum absolute atomic E-state index is 0.150. The van der Waals surface area contributed by atoms with Gasteiger partial charge in [0, 0.05) is 11.3 Å². The fourth-order valence-electron chi connectivity index (χ4n) is 1.38. The molecule has 0 aliphatic rings. The molecule has 1 rings (SSSR count). The number of thiazole rings is 1. The van der Waals surface area contributed by atoms with Crippen LogP contribution in [0.25, 0.3) is 0 Å². The van der Waals surface area contributed by atoms with Crippen LogP contribution in [0, 0.1) is 5.41 Å². The summed E-state index contributed by atoms with van der Waals surface area (Å²) in [5, 5.41) is 5.24. The second kappa shape index (κ2) is 5.49. The Morgan fingerprint density at radius 3 is 2.37 bits per heavy atom. The third-order valence-corrected chi connectivity index (χ3v) is 3.65. The number of carbonyl (C=O) groups excluding carboxylic acids is 1. The van der Waals surface area contributed by atoms with Crippen molar-refractivity contribution in [1.82, 2.24) is 4.98 Å². The summed E-state index contributed by atoms with van der Waals surface area (Å²) >= 11 is 1.43. The summed E-state index contributed by atoms with van der Waals surface area (Å²) in [4.78, 5) is 16.1. The molecule has 0 aromatic carbocycles. The molecule has 1 unspecified atom stereocenters. The van der Waals surface area contributed by atoms with Gasteiger partial charge in [0.2, 0.25) is 0 Å². The van der Waals surface area contributed by atoms with Crippen LogP contribution in [0.5, 0.6) is 0 Å². The van der Waals surface area contributed by atoms with Crippen LogP contribution in [0.15, 0.2) is 5.38 Å². The van der Waals surface area contributed by atoms with E-state index in [-0.39, 0.29) is 5.41 Å². The van der Waals surface area contributed by atoms with Gasteiger partial charge in [-0.05, 0) is 26.2 Å². The van der Waals surface area contributed by atoms with E-state index >= 15 is 0 Å². The van der Waals surface area contributed by atoms with Gasteiger partial charge >= 0.3 is 6.09 Å². The zero-order valence-electron chi connectivity index (χ0n) is 12.8. The number of anilines is 1. The van der Waals surface area contributed by atoms with Gasteiger partial charge in [0.05, 0.1) is 5.69 Å². The summed E-state index contributed by atoms with van der Waals surface area (Å²) < 4.78 is 5.20. The van der Waals surface area contributed by atoms with E-state index in [0.717, 1.165) is 5.69 Å². The molecule has 0 spiro atoms. The van der Waals surface area contributed by atoms with Crippen LogP contribution < -0.4 is 5.32 Å². The lowest BCUT2D eigenvalue weighted by Gasteiger charge is -2.25. The fourth-order valence-corrected chi connectivity index (χ4v) is 2.17. The molecule has 0 saturated carbocycles. The largest absolute Gasteiger partial charge is 0.444 e. The molecule has 0 aliphatic carbocycles. The molecule has 0 aliphatic heterocycles. The number of ether oxygens (including phenoxy) is 1. The van der Waals surface area contributed by atoms with Gasteiger partial charge < -0.3 is 4.74 Å². The maximum Gasteiger partial charge on any atom is 0.413 e. The van der Waals surface area contributed by atoms with Crippen LogP contribution >= 0.6 is 11.3 Å². The maximum atomic E-state index is 11.6. The Morgan fingerprint density at radius 2 is 1.89 bits per heavy atom. The molecule has 0 fully saturated rings. The molecule has 19 heavy (non-hydrogen) atoms. The lowest BCUT2D eigenvalue weighted by molar-refractivity contribution is 0.0636. The minimum atomic E-state index is -0.497. The van der Waals surface area contributed by atoms with Crippen molar-refractivity contribution >= 4 is 22.6 Å². The molecule has 0 bridgehead atoms. The molecule has 0 radical (unpaired) electrons. The van der Waals surface area contributed by atoms with Gasteiger partial charge in [-0.2, -0.15) is 0 Å². The number of nitrogens with one attached hydrogen (secondary N) is 1. The molecular weight excluding hydrogens is 260 g/mol. The van der Waals surface area contributed by atoms with Crippen molar-refractivity contribution in [2.24, 2.45) is 5.41 Å². The van der Waals surface area contributed by atoms with Crippen molar-refractivity contribution in [2.75, 3.05) is 5.32 Å². The second-order valence-electron chi connectivity index (χ2n) is 6.79. The first-order chi connectivity index (χ1) is 8.49. The Kier molecular flexibility index (Phi) is 4.61. The van der Waals surface area contributed by atoms with Crippen molar-refractivity contribution in [1.29, 1.82) is 0 Å². The summed E-state index contributed by atoms with van der Waals surface area (Å²) in [7, 11) is 0. The first kappa shape index (κ1) is 16.0. The Hall–Kier alpha value is -1.10. The first-order valence-electron chi connectivity index (χ1n) is 6.44. The molecule has 1 aromatic rings. The Bertz CT molecular complexity index is 441. The van der Waals surface area contributed by atoms with E-state index in [4.69, 9.17) is 4.74 Å². The minimum Gasteiger partial charge on any atom is -0.444 e. The van der Waals surface area contributed by atoms with Gasteiger partial charge in [0.15, 0.2) is 5.13 Å². The summed E-state index contributed by atoms with van der Waals surface area (Å²) in [5.41, 5.74) is 0.656. The Balaban J connectivity index is 2.68. The van der Waals surface area contributed by atoms with E-state index in [1.807, 2.05) is 26.2 Å². The normalized spacial score (nSPS) is 14.1. The van der Waals surface area contributed by atoms with Crippen molar-refractivity contribution in [3.8, 4) is 0 Å². The number of carbonyl (C=O) groups is 1. The molecule has 1 N–H and O–H groups in total. The molecule has 4 nitrogen and oxygen atoms in total. The molecule has 1 atom stereocenters. The topological polar surface area (TPSA) is 51.2 Å². The summed E-state index contributed by atoms with van der Waals surface area (Å²) in [6, 6.07) is 0. The van der Waals surface area contributed by atoms with Crippen molar-refractivity contribution < 1.29 is 9.53 Å². The third-order valence-electron chi connectivity index (χ3n) is 2.87. The number of hydrogen-bond acceptors (Lipinski definition) is 4. The lowest BCUT2D eigenvalue weighted by atomic mass is 9.80. The van der Waals surface area contributed by atoms with E-state index in [1.165, 1.54) is 11.3 Å². The molecule has 1 amide bonds. The van der Waals surface area contributed by atoms with E-state index in [1.54, 1.807) is 0 Å². The predicted molar refractivity (Wildman–Crippen MR) is 79.8 cm³/mol. The third kappa shape index (κ3) is 5.19. The molecule has 1 heterocycles. The van der Waals surface area contributed by atoms with E-state index in [2.05, 4.69) is 38.0 Å². The Morgan fingerprint density at radius 1 is 1.32 bits per heavy atom. The van der Waals surface area contributed by atoms with Crippen molar-refractivity contribution in [3.05, 3.63) is 11.1 Å². The van der Waals surface area contributed by atoms with Crippen LogP contribution in [-0.2, 0) is 4.74 Å². The molecule has 108 valence electrons. The highest BCUT2D eigenvalue weighted by Crippen LogP contribution is 2.35. The van der Waals surface area contributed by atoms with Gasteiger partial charge in [-0.25, -0.2) is 9.78 Å². The SMILES string of the molecule is CC(c1csc(NC(=O)OC(C)(C)C)n1)C(C)(C)C. The van der Waals surface area contributed by atoms with Gasteiger partial charge in [-0.15, -0.1) is 11.3 Å². The highest BCUT2D eigenvalue weighted by molar-refractivity contribution is 7.13. The number of nitrogens with zero attached hydrogens (tertiary/aromatic N) is 1. The lowest BCUT2D eigenvalue weighted by Crippen LogP contribution is -2.27. The molecule has 0 saturated heterocycles. The fraction of sp³-hybridized carbons (Fsp3) is 0.714. The zero-order valence-corrected chi connectivity index (χ0v) is 13.6. The maximum absolute atomic E-state index is 11.6. The van der Waals surface area contributed by atoms with Crippen LogP contribution in [-0.4, -0.2) is 16.7 Å². The zero-order chi connectivity index (χ0) is 14.8. The Labute approximate surface area is 119 Å². The molecule has 5 heteroatoms. The van der Waals surface area contributed by atoms with Crippen LogP contribution in [0.3, 0.4) is 0 Å². The number of aromatic nitrogens is 1. The van der Waals surface area contributed by atoms with E-state index in [9.17, 15) is 4.79 Å². The first-order valence-corrected chi connectivity index (χ1v) is 7.32. The standard InChI is InChI=1S/C14H24N2O2S/c1-9(13(2,3)4)10-8-19-11(15-10)16-12(17)18-14(5,6)7/h8-9H,1-7H3,(H,15,16,17). The number of amides is 1. The molecular formula is C14H24N2O2S. The average molecular weight is 284 g/mol. The smallest absolute Gasteiger partial charge is 0.413 e. The second-order valence-corrected chi connectivity index (χ2v) is 7.65. The quantitative estimate of drug-likeness (QED) is 0.860. The van der Waals surface area contributed by atoms with E-state index in [0.29, 0.717) is 11.0 Å². The number of hydrogen-bond donors (Lipinski definition) is 1. The van der Waals surface area contributed by atoms with Gasteiger partial charge in [0.1, 0.15) is 5.60 Å².